The van der Waals surface area contributed by atoms with Crippen LogP contribution in [0.15, 0.2) is 23.1 Å². The lowest BCUT2D eigenvalue weighted by molar-refractivity contribution is -0.135. The maximum Gasteiger partial charge on any atom is 0.243 e. The zero-order valence-corrected chi connectivity index (χ0v) is 16.5. The van der Waals surface area contributed by atoms with E-state index < -0.39 is 10.0 Å². The van der Waals surface area contributed by atoms with Crippen LogP contribution in [0.4, 0.5) is 0 Å². The summed E-state index contributed by atoms with van der Waals surface area (Å²) in [6, 6.07) is 4.77. The molecule has 0 aliphatic carbocycles. The van der Waals surface area contributed by atoms with Crippen molar-refractivity contribution >= 4 is 39.9 Å². The molecular weight excluding hydrogens is 385 g/mol. The zero-order valence-electron chi connectivity index (χ0n) is 14.1. The van der Waals surface area contributed by atoms with Gasteiger partial charge in [-0.2, -0.15) is 4.31 Å². The monoisotopic (exact) mass is 407 g/mol. The minimum atomic E-state index is -3.60. The van der Waals surface area contributed by atoms with Gasteiger partial charge in [-0.3, -0.25) is 4.79 Å². The molecule has 2 heterocycles. The smallest absolute Gasteiger partial charge is 0.243 e. The molecule has 0 aromatic heterocycles. The molecule has 6 nitrogen and oxygen atoms in total. The average molecular weight is 408 g/mol. The van der Waals surface area contributed by atoms with Gasteiger partial charge in [0.15, 0.2) is 0 Å². The zero-order chi connectivity index (χ0) is 17.3. The number of nitrogens with one attached hydrogen (secondary N) is 1. The van der Waals surface area contributed by atoms with E-state index in [-0.39, 0.29) is 29.3 Å². The first-order valence-corrected chi connectivity index (χ1v) is 9.98. The number of rotatable bonds is 3. The summed E-state index contributed by atoms with van der Waals surface area (Å²) in [6.45, 7) is 4.38. The van der Waals surface area contributed by atoms with Crippen LogP contribution in [0.3, 0.4) is 0 Å². The van der Waals surface area contributed by atoms with Gasteiger partial charge in [-0.05, 0) is 37.5 Å². The Morgan fingerprint density at radius 3 is 2.72 bits per heavy atom. The Kier molecular flexibility index (Phi) is 6.73. The van der Waals surface area contributed by atoms with Crippen molar-refractivity contribution in [2.24, 2.45) is 0 Å². The Bertz CT molecular complexity index is 742. The molecule has 25 heavy (non-hydrogen) atoms. The second-order valence-corrected chi connectivity index (χ2v) is 8.68. The second-order valence-electron chi connectivity index (χ2n) is 6.33. The standard InChI is InChI=1S/C16H22ClN3O3S.ClH/c1-12-4-5-14(9-15(12)17)24(22,23)19-7-2-3-13(11-19)20-8-6-18-10-16(20)21;/h4-5,9,13,18H,2-3,6-8,10-11H2,1H3;1H. The van der Waals surface area contributed by atoms with E-state index in [1.165, 1.54) is 10.4 Å². The number of halogens is 2. The highest BCUT2D eigenvalue weighted by Gasteiger charge is 2.35. The van der Waals surface area contributed by atoms with Crippen LogP contribution in [0.5, 0.6) is 0 Å². The topological polar surface area (TPSA) is 69.7 Å². The van der Waals surface area contributed by atoms with Gasteiger partial charge in [0.05, 0.1) is 11.4 Å². The number of sulfonamides is 1. The van der Waals surface area contributed by atoms with Crippen LogP contribution >= 0.6 is 24.0 Å². The number of hydrogen-bond donors (Lipinski definition) is 1. The number of carbonyl (C=O) groups is 1. The number of benzene rings is 1. The van der Waals surface area contributed by atoms with Crippen molar-refractivity contribution in [1.82, 2.24) is 14.5 Å². The first kappa shape index (κ1) is 20.5. The molecule has 140 valence electrons. The van der Waals surface area contributed by atoms with Gasteiger partial charge in [0.25, 0.3) is 0 Å². The van der Waals surface area contributed by atoms with Gasteiger partial charge in [0, 0.05) is 37.2 Å². The van der Waals surface area contributed by atoms with Gasteiger partial charge in [-0.15, -0.1) is 12.4 Å². The molecule has 0 radical (unpaired) electrons. The van der Waals surface area contributed by atoms with E-state index in [1.807, 2.05) is 11.8 Å². The molecule has 0 saturated carbocycles. The molecule has 0 bridgehead atoms. The fourth-order valence-corrected chi connectivity index (χ4v) is 5.07. The third-order valence-electron chi connectivity index (χ3n) is 4.71. The molecule has 2 aliphatic heterocycles. The van der Waals surface area contributed by atoms with Crippen molar-refractivity contribution in [3.05, 3.63) is 28.8 Å². The predicted molar refractivity (Wildman–Crippen MR) is 99.8 cm³/mol. The molecule has 0 spiro atoms. The number of aryl methyl sites for hydroxylation is 1. The highest BCUT2D eigenvalue weighted by atomic mass is 35.5. The van der Waals surface area contributed by atoms with E-state index >= 15 is 0 Å². The highest BCUT2D eigenvalue weighted by Crippen LogP contribution is 2.26. The van der Waals surface area contributed by atoms with Crippen LogP contribution in [0.25, 0.3) is 0 Å². The largest absolute Gasteiger partial charge is 0.336 e. The van der Waals surface area contributed by atoms with Crippen molar-refractivity contribution in [3.63, 3.8) is 0 Å². The molecule has 2 saturated heterocycles. The lowest BCUT2D eigenvalue weighted by Gasteiger charge is -2.40. The van der Waals surface area contributed by atoms with E-state index in [4.69, 9.17) is 11.6 Å². The Balaban J connectivity index is 0.00000225. The van der Waals surface area contributed by atoms with Crippen molar-refractivity contribution < 1.29 is 13.2 Å². The van der Waals surface area contributed by atoms with Crippen molar-refractivity contribution in [3.8, 4) is 0 Å². The number of nitrogens with zero attached hydrogens (tertiary/aromatic N) is 2. The third-order valence-corrected chi connectivity index (χ3v) is 6.98. The summed E-state index contributed by atoms with van der Waals surface area (Å²) < 4.78 is 27.3. The molecule has 1 N–H and O–H groups in total. The molecule has 3 rings (SSSR count). The fraction of sp³-hybridized carbons (Fsp3) is 0.562. The number of amides is 1. The second kappa shape index (κ2) is 8.22. The highest BCUT2D eigenvalue weighted by molar-refractivity contribution is 7.89. The average Bonchev–Trinajstić information content (AvgIpc) is 2.58. The number of hydrogen-bond acceptors (Lipinski definition) is 4. The molecule has 2 fully saturated rings. The van der Waals surface area contributed by atoms with Crippen molar-refractivity contribution in [2.45, 2.75) is 30.7 Å². The Hall–Kier alpha value is -0.860. The summed E-state index contributed by atoms with van der Waals surface area (Å²) in [6.07, 6.45) is 1.59. The Morgan fingerprint density at radius 1 is 1.28 bits per heavy atom. The molecule has 1 unspecified atom stereocenters. The van der Waals surface area contributed by atoms with Gasteiger partial charge in [0.1, 0.15) is 0 Å². The van der Waals surface area contributed by atoms with Crippen LogP contribution in [0, 0.1) is 6.92 Å². The van der Waals surface area contributed by atoms with E-state index in [2.05, 4.69) is 5.32 Å². The summed E-state index contributed by atoms with van der Waals surface area (Å²) >= 11 is 6.09. The summed E-state index contributed by atoms with van der Waals surface area (Å²) in [7, 11) is -3.60. The van der Waals surface area contributed by atoms with Gasteiger partial charge in [-0.25, -0.2) is 8.42 Å². The summed E-state index contributed by atoms with van der Waals surface area (Å²) in [5.74, 6) is 0.0453. The quantitative estimate of drug-likeness (QED) is 0.826. The number of carbonyl (C=O) groups excluding carboxylic acids is 1. The molecule has 9 heteroatoms. The summed E-state index contributed by atoms with van der Waals surface area (Å²) in [5, 5.41) is 3.49. The molecule has 1 aromatic carbocycles. The summed E-state index contributed by atoms with van der Waals surface area (Å²) in [5.41, 5.74) is 0.846. The van der Waals surface area contributed by atoms with Crippen LogP contribution in [0.1, 0.15) is 18.4 Å². The lowest BCUT2D eigenvalue weighted by atomic mass is 10.1. The normalized spacial score (nSPS) is 22.6. The minimum absolute atomic E-state index is 0. The van der Waals surface area contributed by atoms with E-state index in [1.54, 1.807) is 12.1 Å². The number of piperidine rings is 1. The maximum atomic E-state index is 12.9. The van der Waals surface area contributed by atoms with E-state index in [9.17, 15) is 13.2 Å². The van der Waals surface area contributed by atoms with Gasteiger partial charge < -0.3 is 10.2 Å². The van der Waals surface area contributed by atoms with E-state index in [0.29, 0.717) is 31.2 Å². The molecule has 2 aliphatic rings. The minimum Gasteiger partial charge on any atom is -0.336 e. The Morgan fingerprint density at radius 2 is 2.04 bits per heavy atom. The maximum absolute atomic E-state index is 12.9. The number of piperazine rings is 1. The third kappa shape index (κ3) is 4.28. The van der Waals surface area contributed by atoms with Gasteiger partial charge in [-0.1, -0.05) is 17.7 Å². The first-order valence-electron chi connectivity index (χ1n) is 8.16. The van der Waals surface area contributed by atoms with Crippen LogP contribution in [-0.4, -0.2) is 62.3 Å². The fourth-order valence-electron chi connectivity index (χ4n) is 3.28. The van der Waals surface area contributed by atoms with Gasteiger partial charge >= 0.3 is 0 Å². The molecule has 1 atom stereocenters. The molecular formula is C16H23Cl2N3O3S. The Labute approximate surface area is 160 Å². The van der Waals surface area contributed by atoms with Crippen LogP contribution in [0.2, 0.25) is 5.02 Å². The van der Waals surface area contributed by atoms with Gasteiger partial charge in [0.2, 0.25) is 15.9 Å². The SMILES string of the molecule is Cc1ccc(S(=O)(=O)N2CCCC(N3CCNCC3=O)C2)cc1Cl.Cl. The first-order chi connectivity index (χ1) is 11.4. The predicted octanol–water partition coefficient (Wildman–Crippen LogP) is 1.66. The van der Waals surface area contributed by atoms with E-state index in [0.717, 1.165) is 24.9 Å². The molecule has 1 aromatic rings. The molecule has 1 amide bonds. The lowest BCUT2D eigenvalue weighted by Crippen LogP contribution is -2.57. The van der Waals surface area contributed by atoms with Crippen LogP contribution in [-0.2, 0) is 14.8 Å². The van der Waals surface area contributed by atoms with Crippen molar-refractivity contribution in [2.75, 3.05) is 32.7 Å². The summed E-state index contributed by atoms with van der Waals surface area (Å²) in [4.78, 5) is 14.1. The van der Waals surface area contributed by atoms with Crippen molar-refractivity contribution in [1.29, 1.82) is 0 Å². The van der Waals surface area contributed by atoms with Crippen LogP contribution < -0.4 is 5.32 Å².